The summed E-state index contributed by atoms with van der Waals surface area (Å²) in [5.74, 6) is 1.47. The van der Waals surface area contributed by atoms with Crippen LogP contribution in [0.5, 0.6) is 0 Å². The van der Waals surface area contributed by atoms with Gasteiger partial charge in [0, 0.05) is 44.6 Å². The van der Waals surface area contributed by atoms with Gasteiger partial charge in [-0.3, -0.25) is 14.7 Å². The Morgan fingerprint density at radius 3 is 2.96 bits per heavy atom. The van der Waals surface area contributed by atoms with Gasteiger partial charge in [-0.25, -0.2) is 0 Å². The van der Waals surface area contributed by atoms with E-state index in [2.05, 4.69) is 14.8 Å². The van der Waals surface area contributed by atoms with Crippen molar-refractivity contribution in [3.63, 3.8) is 0 Å². The number of methoxy groups -OCH3 is 1. The third kappa shape index (κ3) is 3.52. The molecule has 0 aromatic carbocycles. The number of ether oxygens (including phenoxy) is 1. The summed E-state index contributed by atoms with van der Waals surface area (Å²) in [4.78, 5) is 21.7. The number of hydrogen-bond donors (Lipinski definition) is 0. The molecule has 0 saturated carbocycles. The maximum absolute atomic E-state index is 12.9. The minimum Gasteiger partial charge on any atom is -0.468 e. The Morgan fingerprint density at radius 2 is 2.23 bits per heavy atom. The molecule has 0 bridgehead atoms. The van der Waals surface area contributed by atoms with E-state index in [0.29, 0.717) is 12.3 Å². The summed E-state index contributed by atoms with van der Waals surface area (Å²) >= 11 is 0. The molecule has 4 rings (SSSR count). The van der Waals surface area contributed by atoms with E-state index in [4.69, 9.17) is 9.15 Å². The normalized spacial score (nSPS) is 26.0. The fourth-order valence-electron chi connectivity index (χ4n) is 4.35. The molecule has 6 nitrogen and oxygen atoms in total. The molecule has 2 aliphatic rings. The number of aromatic nitrogens is 1. The van der Waals surface area contributed by atoms with Crippen LogP contribution in [0.2, 0.25) is 0 Å². The highest BCUT2D eigenvalue weighted by Crippen LogP contribution is 2.33. The molecule has 0 radical (unpaired) electrons. The van der Waals surface area contributed by atoms with Crippen molar-refractivity contribution in [2.75, 3.05) is 26.7 Å². The van der Waals surface area contributed by atoms with Gasteiger partial charge < -0.3 is 14.1 Å². The molecule has 2 aromatic rings. The first kappa shape index (κ1) is 17.2. The zero-order chi connectivity index (χ0) is 17.9. The third-order valence-corrected chi connectivity index (χ3v) is 5.58. The second-order valence-electron chi connectivity index (χ2n) is 7.15. The van der Waals surface area contributed by atoms with Gasteiger partial charge in [-0.2, -0.15) is 0 Å². The summed E-state index contributed by atoms with van der Waals surface area (Å²) in [6, 6.07) is 9.82. The molecule has 26 heavy (non-hydrogen) atoms. The highest BCUT2D eigenvalue weighted by molar-refractivity contribution is 5.79. The van der Waals surface area contributed by atoms with E-state index < -0.39 is 0 Å². The molecule has 6 heteroatoms. The summed E-state index contributed by atoms with van der Waals surface area (Å²) in [5.41, 5.74) is 0.827. The van der Waals surface area contributed by atoms with Gasteiger partial charge in [0.2, 0.25) is 5.91 Å². The first-order chi connectivity index (χ1) is 12.7. The minimum absolute atomic E-state index is 0.160. The lowest BCUT2D eigenvalue weighted by molar-refractivity contribution is -0.138. The number of hydrogen-bond acceptors (Lipinski definition) is 5. The molecule has 3 atom stereocenters. The van der Waals surface area contributed by atoms with Crippen molar-refractivity contribution in [3.8, 4) is 0 Å². The maximum atomic E-state index is 12.9. The number of pyridine rings is 1. The average Bonchev–Trinajstić information content (AvgIpc) is 3.31. The molecule has 2 fully saturated rings. The van der Waals surface area contributed by atoms with E-state index in [1.807, 2.05) is 30.3 Å². The summed E-state index contributed by atoms with van der Waals surface area (Å²) < 4.78 is 11.2. The van der Waals surface area contributed by atoms with Gasteiger partial charge in [0.25, 0.3) is 0 Å². The first-order valence-electron chi connectivity index (χ1n) is 9.21. The molecule has 4 heterocycles. The Balaban J connectivity index is 1.47. The van der Waals surface area contributed by atoms with Crippen molar-refractivity contribution >= 4 is 5.91 Å². The van der Waals surface area contributed by atoms with Crippen molar-refractivity contribution in [1.29, 1.82) is 0 Å². The van der Waals surface area contributed by atoms with Crippen LogP contribution in [-0.4, -0.2) is 59.6 Å². The summed E-state index contributed by atoms with van der Waals surface area (Å²) in [7, 11) is 1.78. The van der Waals surface area contributed by atoms with Crippen LogP contribution in [0, 0.1) is 5.92 Å². The Labute approximate surface area is 153 Å². The molecule has 138 valence electrons. The second-order valence-corrected chi connectivity index (χ2v) is 7.15. The van der Waals surface area contributed by atoms with Crippen molar-refractivity contribution in [1.82, 2.24) is 14.8 Å². The van der Waals surface area contributed by atoms with Crippen LogP contribution in [0.1, 0.15) is 17.9 Å². The number of fused-ring (bicyclic) bond motifs is 1. The molecule has 2 saturated heterocycles. The highest BCUT2D eigenvalue weighted by atomic mass is 16.5. The quantitative estimate of drug-likeness (QED) is 0.821. The highest BCUT2D eigenvalue weighted by Gasteiger charge is 2.45. The number of nitrogens with zero attached hydrogens (tertiary/aromatic N) is 3. The lowest BCUT2D eigenvalue weighted by Crippen LogP contribution is -2.54. The van der Waals surface area contributed by atoms with Gasteiger partial charge >= 0.3 is 0 Å². The number of likely N-dealkylation sites (tertiary alicyclic amines) is 2. The van der Waals surface area contributed by atoms with Crippen molar-refractivity contribution in [2.45, 2.75) is 31.5 Å². The van der Waals surface area contributed by atoms with Gasteiger partial charge in [-0.05, 0) is 30.7 Å². The Hall–Kier alpha value is -2.18. The number of carbonyl (C=O) groups is 1. The Morgan fingerprint density at radius 1 is 1.31 bits per heavy atom. The molecule has 0 aliphatic carbocycles. The standard InChI is InChI=1S/C20H25N3O3/c1-25-19-7-9-23(20(24)11-15-5-2-3-8-21-15)18-14-22(13-17(18)19)12-16-6-4-10-26-16/h2-6,8,10,17-19H,7,9,11-14H2,1H3/t17-,18+,19-/m0/s1. The fraction of sp³-hybridized carbons (Fsp3) is 0.500. The molecule has 0 spiro atoms. The molecular formula is C20H25N3O3. The van der Waals surface area contributed by atoms with E-state index in [0.717, 1.165) is 44.1 Å². The Bertz CT molecular complexity index is 719. The van der Waals surface area contributed by atoms with Crippen LogP contribution in [0.3, 0.4) is 0 Å². The van der Waals surface area contributed by atoms with E-state index in [1.165, 1.54) is 0 Å². The number of carbonyl (C=O) groups excluding carboxylic acids is 1. The molecular weight excluding hydrogens is 330 g/mol. The summed E-state index contributed by atoms with van der Waals surface area (Å²) in [6.45, 7) is 3.31. The number of furan rings is 1. The van der Waals surface area contributed by atoms with E-state index in [9.17, 15) is 4.79 Å². The van der Waals surface area contributed by atoms with E-state index >= 15 is 0 Å². The van der Waals surface area contributed by atoms with Gasteiger partial charge in [0.15, 0.2) is 0 Å². The van der Waals surface area contributed by atoms with Crippen LogP contribution in [0.25, 0.3) is 0 Å². The van der Waals surface area contributed by atoms with E-state index in [1.54, 1.807) is 19.6 Å². The zero-order valence-corrected chi connectivity index (χ0v) is 15.1. The lowest BCUT2D eigenvalue weighted by atomic mass is 9.88. The molecule has 1 amide bonds. The van der Waals surface area contributed by atoms with Crippen LogP contribution >= 0.6 is 0 Å². The number of amides is 1. The van der Waals surface area contributed by atoms with Crippen LogP contribution in [-0.2, 0) is 22.5 Å². The second kappa shape index (κ2) is 7.60. The van der Waals surface area contributed by atoms with E-state index in [-0.39, 0.29) is 18.1 Å². The smallest absolute Gasteiger partial charge is 0.228 e. The summed E-state index contributed by atoms with van der Waals surface area (Å²) in [6.07, 6.45) is 4.91. The molecule has 0 unspecified atom stereocenters. The number of piperidine rings is 1. The van der Waals surface area contributed by atoms with Crippen LogP contribution < -0.4 is 0 Å². The van der Waals surface area contributed by atoms with Gasteiger partial charge in [-0.1, -0.05) is 6.07 Å². The zero-order valence-electron chi connectivity index (χ0n) is 15.1. The first-order valence-corrected chi connectivity index (χ1v) is 9.21. The lowest BCUT2D eigenvalue weighted by Gasteiger charge is -2.41. The fourth-order valence-corrected chi connectivity index (χ4v) is 4.35. The van der Waals surface area contributed by atoms with Gasteiger partial charge in [-0.15, -0.1) is 0 Å². The largest absolute Gasteiger partial charge is 0.468 e. The monoisotopic (exact) mass is 355 g/mol. The Kier molecular flexibility index (Phi) is 5.04. The van der Waals surface area contributed by atoms with Gasteiger partial charge in [0.05, 0.1) is 31.4 Å². The van der Waals surface area contributed by atoms with Crippen molar-refractivity contribution < 1.29 is 13.9 Å². The predicted octanol–water partition coefficient (Wildman–Crippen LogP) is 1.96. The molecule has 2 aromatic heterocycles. The van der Waals surface area contributed by atoms with Crippen LogP contribution in [0.4, 0.5) is 0 Å². The van der Waals surface area contributed by atoms with Crippen molar-refractivity contribution in [2.24, 2.45) is 5.92 Å². The average molecular weight is 355 g/mol. The molecule has 2 aliphatic heterocycles. The minimum atomic E-state index is 0.160. The van der Waals surface area contributed by atoms with Crippen LogP contribution in [0.15, 0.2) is 47.2 Å². The maximum Gasteiger partial charge on any atom is 0.228 e. The third-order valence-electron chi connectivity index (χ3n) is 5.58. The summed E-state index contributed by atoms with van der Waals surface area (Å²) in [5, 5.41) is 0. The van der Waals surface area contributed by atoms with Crippen molar-refractivity contribution in [3.05, 3.63) is 54.2 Å². The predicted molar refractivity (Wildman–Crippen MR) is 96.3 cm³/mol. The molecule has 0 N–H and O–H groups in total. The SMILES string of the molecule is CO[C@H]1CCN(C(=O)Cc2ccccn2)[C@@H]2CN(Cc3ccco3)C[C@H]12. The van der Waals surface area contributed by atoms with Gasteiger partial charge in [0.1, 0.15) is 5.76 Å². The topological polar surface area (TPSA) is 58.8 Å². The number of rotatable bonds is 5.